The predicted molar refractivity (Wildman–Crippen MR) is 162 cm³/mol. The highest BCUT2D eigenvalue weighted by molar-refractivity contribution is 6.34. The van der Waals surface area contributed by atoms with Gasteiger partial charge in [-0.1, -0.05) is 94.3 Å². The monoisotopic (exact) mass is 590 g/mol. The lowest BCUT2D eigenvalue weighted by Gasteiger charge is -2.31. The van der Waals surface area contributed by atoms with E-state index in [1.807, 2.05) is 17.0 Å². The first-order valence-electron chi connectivity index (χ1n) is 15.1. The van der Waals surface area contributed by atoms with Crippen LogP contribution in [0.2, 0.25) is 10.0 Å². The van der Waals surface area contributed by atoms with Gasteiger partial charge in [0.1, 0.15) is 11.8 Å². The molecule has 1 aliphatic rings. The van der Waals surface area contributed by atoms with Gasteiger partial charge in [0.2, 0.25) is 11.8 Å². The van der Waals surface area contributed by atoms with E-state index < -0.39 is 0 Å². The number of unbranched alkanes of at least 4 members (excludes halogenated alkanes) is 9. The zero-order valence-electron chi connectivity index (χ0n) is 23.8. The number of piperidine rings is 1. The summed E-state index contributed by atoms with van der Waals surface area (Å²) in [6.45, 7) is 4.11. The molecule has 1 saturated heterocycles. The van der Waals surface area contributed by atoms with E-state index in [2.05, 4.69) is 27.5 Å². The average Bonchev–Trinajstić information content (AvgIpc) is 3.53. The molecule has 0 aliphatic carbocycles. The molecule has 8 nitrogen and oxygen atoms in total. The van der Waals surface area contributed by atoms with Gasteiger partial charge in [-0.2, -0.15) is 0 Å². The lowest BCUT2D eigenvalue weighted by atomic mass is 10.0. The summed E-state index contributed by atoms with van der Waals surface area (Å²) >= 11 is 12.6. The number of carbonyl (C=O) groups excluding carboxylic acids is 1. The molecule has 3 heterocycles. The van der Waals surface area contributed by atoms with E-state index in [9.17, 15) is 4.79 Å². The first kappa shape index (κ1) is 30.7. The second-order valence-corrected chi connectivity index (χ2v) is 11.7. The molecule has 220 valence electrons. The highest BCUT2D eigenvalue weighted by Gasteiger charge is 2.25. The van der Waals surface area contributed by atoms with Crippen molar-refractivity contribution in [1.82, 2.24) is 30.0 Å². The first-order chi connectivity index (χ1) is 19.6. The fourth-order valence-corrected chi connectivity index (χ4v) is 5.71. The molecule has 1 aliphatic heterocycles. The average molecular weight is 592 g/mol. The Labute approximate surface area is 248 Å². The molecule has 1 aromatic carbocycles. The summed E-state index contributed by atoms with van der Waals surface area (Å²) in [7, 11) is 0. The zero-order chi connectivity index (χ0) is 28.2. The Bertz CT molecular complexity index is 1170. The maximum atomic E-state index is 13.4. The van der Waals surface area contributed by atoms with E-state index in [1.165, 1.54) is 57.8 Å². The third-order valence-electron chi connectivity index (χ3n) is 7.73. The Morgan fingerprint density at radius 3 is 2.27 bits per heavy atom. The molecule has 1 amide bonds. The van der Waals surface area contributed by atoms with Crippen molar-refractivity contribution in [3.63, 3.8) is 0 Å². The number of aromatic nitrogens is 4. The largest absolute Gasteiger partial charge is 0.461 e. The fraction of sp³-hybridized carbons (Fsp3) is 0.633. The summed E-state index contributed by atoms with van der Waals surface area (Å²) in [4.78, 5) is 15.4. The summed E-state index contributed by atoms with van der Waals surface area (Å²) in [5.74, 6) is 1.17. The molecule has 0 radical (unpaired) electrons. The second-order valence-electron chi connectivity index (χ2n) is 10.8. The summed E-state index contributed by atoms with van der Waals surface area (Å²) in [6.07, 6.45) is 16.9. The van der Waals surface area contributed by atoms with E-state index >= 15 is 0 Å². The number of hydrogen-bond donors (Lipinski definition) is 2. The van der Waals surface area contributed by atoms with E-state index in [0.717, 1.165) is 50.8 Å². The van der Waals surface area contributed by atoms with Crippen LogP contribution in [0, 0.1) is 0 Å². The van der Waals surface area contributed by atoms with E-state index in [1.54, 1.807) is 16.6 Å². The number of nitrogens with zero attached hydrogens (tertiary/aromatic N) is 4. The van der Waals surface area contributed by atoms with Crippen molar-refractivity contribution in [3.8, 4) is 17.3 Å². The topological polar surface area (TPSA) is 87.5 Å². The molecule has 0 bridgehead atoms. The number of carbonyl (C=O) groups is 1. The number of H-pyrrole nitrogens is 1. The quantitative estimate of drug-likeness (QED) is 0.124. The van der Waals surface area contributed by atoms with E-state index in [0.29, 0.717) is 27.4 Å². The summed E-state index contributed by atoms with van der Waals surface area (Å²) in [5, 5.41) is 16.0. The van der Waals surface area contributed by atoms with Gasteiger partial charge in [0.25, 0.3) is 0 Å². The highest BCUT2D eigenvalue weighted by atomic mass is 35.5. The van der Waals surface area contributed by atoms with Crippen LogP contribution in [0.3, 0.4) is 0 Å². The van der Waals surface area contributed by atoms with Crippen LogP contribution >= 0.6 is 23.2 Å². The van der Waals surface area contributed by atoms with Crippen LogP contribution in [0.15, 0.2) is 24.3 Å². The molecular weight excluding hydrogens is 547 g/mol. The number of aromatic amines is 1. The highest BCUT2D eigenvalue weighted by Crippen LogP contribution is 2.30. The van der Waals surface area contributed by atoms with Crippen molar-refractivity contribution < 1.29 is 9.53 Å². The molecule has 0 saturated carbocycles. The molecule has 3 aromatic rings. The number of rotatable bonds is 17. The standard InChI is InChI=1S/C30H44Cl2N6O2/c1-2-3-4-5-6-7-8-9-10-12-15-25(30(39)37-20-13-11-14-21-37)33-22-40-29-26(32)28-35-34-27(38(28)36-29)23-16-18-24(31)19-17-23/h16-19,25,33,36H,2-15,20-22H2,1H3. The van der Waals surface area contributed by atoms with Gasteiger partial charge in [0, 0.05) is 23.7 Å². The summed E-state index contributed by atoms with van der Waals surface area (Å²) < 4.78 is 7.67. The molecule has 1 unspecified atom stereocenters. The van der Waals surface area contributed by atoms with E-state index in [4.69, 9.17) is 27.9 Å². The van der Waals surface area contributed by atoms with Crippen LogP contribution in [0.5, 0.6) is 5.88 Å². The maximum Gasteiger partial charge on any atom is 0.239 e. The van der Waals surface area contributed by atoms with Gasteiger partial charge in [-0.25, -0.2) is 4.52 Å². The molecular formula is C30H44Cl2N6O2. The van der Waals surface area contributed by atoms with Crippen molar-refractivity contribution in [2.75, 3.05) is 19.8 Å². The normalized spacial score (nSPS) is 14.6. The zero-order valence-corrected chi connectivity index (χ0v) is 25.3. The summed E-state index contributed by atoms with van der Waals surface area (Å²) in [5.41, 5.74) is 1.33. The van der Waals surface area contributed by atoms with Gasteiger partial charge in [-0.05, 0) is 49.9 Å². The van der Waals surface area contributed by atoms with Gasteiger partial charge in [-0.15, -0.1) is 10.2 Å². The van der Waals surface area contributed by atoms with Crippen molar-refractivity contribution in [2.24, 2.45) is 0 Å². The van der Waals surface area contributed by atoms with Crippen LogP contribution in [0.25, 0.3) is 17.0 Å². The molecule has 2 N–H and O–H groups in total. The lowest BCUT2D eigenvalue weighted by molar-refractivity contribution is -0.134. The molecule has 1 atom stereocenters. The fourth-order valence-electron chi connectivity index (χ4n) is 5.36. The van der Waals surface area contributed by atoms with E-state index in [-0.39, 0.29) is 18.7 Å². The van der Waals surface area contributed by atoms with Gasteiger partial charge >= 0.3 is 0 Å². The molecule has 10 heteroatoms. The minimum Gasteiger partial charge on any atom is -0.461 e. The van der Waals surface area contributed by atoms with Crippen LogP contribution in [-0.4, -0.2) is 56.5 Å². The van der Waals surface area contributed by atoms with Crippen LogP contribution < -0.4 is 10.1 Å². The van der Waals surface area contributed by atoms with Gasteiger partial charge in [-0.3, -0.25) is 15.2 Å². The molecule has 0 spiro atoms. The van der Waals surface area contributed by atoms with Crippen molar-refractivity contribution in [1.29, 1.82) is 0 Å². The minimum absolute atomic E-state index is 0.162. The number of hydrogen-bond acceptors (Lipinski definition) is 5. The van der Waals surface area contributed by atoms with Crippen molar-refractivity contribution >= 4 is 34.8 Å². The van der Waals surface area contributed by atoms with Crippen LogP contribution in [-0.2, 0) is 4.79 Å². The summed E-state index contributed by atoms with van der Waals surface area (Å²) in [6, 6.07) is 7.09. The molecule has 2 aromatic heterocycles. The van der Waals surface area contributed by atoms with Crippen LogP contribution in [0.4, 0.5) is 0 Å². The first-order valence-corrected chi connectivity index (χ1v) is 15.9. The Kier molecular flexibility index (Phi) is 12.4. The SMILES string of the molecule is CCCCCCCCCCCCC(NCOc1[nH]n2c(-c3ccc(Cl)cc3)nnc2c1Cl)C(=O)N1CCCCC1. The number of ether oxygens (including phenoxy) is 1. The smallest absolute Gasteiger partial charge is 0.239 e. The number of amides is 1. The molecule has 40 heavy (non-hydrogen) atoms. The second kappa shape index (κ2) is 16.2. The third kappa shape index (κ3) is 8.60. The minimum atomic E-state index is -0.267. The van der Waals surface area contributed by atoms with Crippen molar-refractivity contribution in [3.05, 3.63) is 34.3 Å². The number of fused-ring (bicyclic) bond motifs is 1. The van der Waals surface area contributed by atoms with Gasteiger partial charge < -0.3 is 9.64 Å². The number of benzene rings is 1. The number of halogens is 2. The Morgan fingerprint density at radius 2 is 1.60 bits per heavy atom. The Morgan fingerprint density at radius 1 is 0.950 bits per heavy atom. The Hall–Kier alpha value is -2.29. The number of likely N-dealkylation sites (tertiary alicyclic amines) is 1. The van der Waals surface area contributed by atoms with Crippen LogP contribution in [0.1, 0.15) is 96.8 Å². The Balaban J connectivity index is 1.29. The van der Waals surface area contributed by atoms with Gasteiger partial charge in [0.15, 0.2) is 11.5 Å². The molecule has 4 rings (SSSR count). The molecule has 1 fully saturated rings. The van der Waals surface area contributed by atoms with Crippen molar-refractivity contribution in [2.45, 2.75) is 103 Å². The van der Waals surface area contributed by atoms with Gasteiger partial charge in [0.05, 0.1) is 6.04 Å². The number of nitrogens with one attached hydrogen (secondary N) is 2. The maximum absolute atomic E-state index is 13.4. The lowest BCUT2D eigenvalue weighted by Crippen LogP contribution is -2.49. The predicted octanol–water partition coefficient (Wildman–Crippen LogP) is 7.65. The third-order valence-corrected chi connectivity index (χ3v) is 8.33.